The summed E-state index contributed by atoms with van der Waals surface area (Å²) in [5, 5.41) is 4.59. The van der Waals surface area contributed by atoms with Crippen LogP contribution in [0.2, 0.25) is 0 Å². The third-order valence-electron chi connectivity index (χ3n) is 4.56. The average molecular weight is 335 g/mol. The van der Waals surface area contributed by atoms with E-state index in [9.17, 15) is 4.79 Å². The molecule has 0 atom stereocenters. The van der Waals surface area contributed by atoms with Gasteiger partial charge in [-0.2, -0.15) is 0 Å². The predicted octanol–water partition coefficient (Wildman–Crippen LogP) is 2.60. The minimum atomic E-state index is 0.116. The number of thioether (sulfide) groups is 1. The van der Waals surface area contributed by atoms with E-state index in [2.05, 4.69) is 15.3 Å². The lowest BCUT2D eigenvalue weighted by Gasteiger charge is -2.21. The number of ether oxygens (including phenoxy) is 1. The van der Waals surface area contributed by atoms with E-state index in [1.807, 2.05) is 12.4 Å². The fourth-order valence-corrected chi connectivity index (χ4v) is 4.22. The molecule has 0 unspecified atom stereocenters. The van der Waals surface area contributed by atoms with Gasteiger partial charge in [0, 0.05) is 43.3 Å². The maximum absolute atomic E-state index is 12.0. The monoisotopic (exact) mass is 335 g/mol. The van der Waals surface area contributed by atoms with Crippen LogP contribution in [0.4, 0.5) is 0 Å². The van der Waals surface area contributed by atoms with Crippen LogP contribution in [-0.2, 0) is 16.0 Å². The van der Waals surface area contributed by atoms with Gasteiger partial charge in [-0.1, -0.05) is 24.6 Å². The Morgan fingerprint density at radius 1 is 1.17 bits per heavy atom. The van der Waals surface area contributed by atoms with Gasteiger partial charge in [-0.05, 0) is 37.7 Å². The van der Waals surface area contributed by atoms with Crippen LogP contribution in [-0.4, -0.2) is 40.9 Å². The zero-order valence-corrected chi connectivity index (χ0v) is 14.3. The molecule has 1 aromatic heterocycles. The highest BCUT2D eigenvalue weighted by atomic mass is 32.2. The van der Waals surface area contributed by atoms with E-state index < -0.39 is 0 Å². The fraction of sp³-hybridized carbons (Fsp3) is 0.706. The van der Waals surface area contributed by atoms with Crippen LogP contribution in [0.1, 0.15) is 44.1 Å². The second-order valence-electron chi connectivity index (χ2n) is 6.33. The van der Waals surface area contributed by atoms with E-state index in [1.54, 1.807) is 11.8 Å². The lowest BCUT2D eigenvalue weighted by Crippen LogP contribution is -2.35. The first-order valence-corrected chi connectivity index (χ1v) is 9.52. The van der Waals surface area contributed by atoms with Crippen molar-refractivity contribution in [2.24, 2.45) is 5.92 Å². The third kappa shape index (κ3) is 5.18. The minimum Gasteiger partial charge on any atom is -0.381 e. The summed E-state index contributed by atoms with van der Waals surface area (Å²) in [6.07, 6.45) is 11.5. The van der Waals surface area contributed by atoms with Gasteiger partial charge in [0.05, 0.1) is 0 Å². The quantitative estimate of drug-likeness (QED) is 0.810. The van der Waals surface area contributed by atoms with Crippen molar-refractivity contribution in [1.29, 1.82) is 0 Å². The zero-order valence-electron chi connectivity index (χ0n) is 13.5. The number of hydrogen-bond donors (Lipinski definition) is 1. The molecule has 1 aromatic rings. The van der Waals surface area contributed by atoms with Gasteiger partial charge in [-0.3, -0.25) is 4.79 Å². The van der Waals surface area contributed by atoms with Crippen LogP contribution in [0.5, 0.6) is 0 Å². The fourth-order valence-electron chi connectivity index (χ4n) is 3.12. The number of hydrogen-bond acceptors (Lipinski definition) is 5. The van der Waals surface area contributed by atoms with Crippen LogP contribution >= 0.6 is 11.8 Å². The molecule has 1 amide bonds. The Bertz CT molecular complexity index is 497. The van der Waals surface area contributed by atoms with Crippen LogP contribution in [0.15, 0.2) is 17.6 Å². The van der Waals surface area contributed by atoms with E-state index in [0.29, 0.717) is 25.0 Å². The van der Waals surface area contributed by atoms with Crippen LogP contribution < -0.4 is 5.32 Å². The number of nitrogens with zero attached hydrogens (tertiary/aromatic N) is 2. The Balaban J connectivity index is 1.38. The van der Waals surface area contributed by atoms with Gasteiger partial charge in [-0.25, -0.2) is 9.97 Å². The van der Waals surface area contributed by atoms with Crippen LogP contribution in [0.3, 0.4) is 0 Å². The molecule has 126 valence electrons. The summed E-state index contributed by atoms with van der Waals surface area (Å²) in [7, 11) is 0. The molecule has 0 bridgehead atoms. The first kappa shape index (κ1) is 16.7. The number of nitrogens with one attached hydrogen (secondary N) is 1. The van der Waals surface area contributed by atoms with Gasteiger partial charge in [0.15, 0.2) is 5.16 Å². The van der Waals surface area contributed by atoms with Gasteiger partial charge in [0.2, 0.25) is 5.91 Å². The molecule has 2 aliphatic rings. The van der Waals surface area contributed by atoms with Gasteiger partial charge in [0.25, 0.3) is 0 Å². The van der Waals surface area contributed by atoms with Crippen molar-refractivity contribution in [3.05, 3.63) is 18.0 Å². The Labute approximate surface area is 142 Å². The van der Waals surface area contributed by atoms with Gasteiger partial charge >= 0.3 is 0 Å². The Morgan fingerprint density at radius 3 is 2.57 bits per heavy atom. The van der Waals surface area contributed by atoms with Gasteiger partial charge in [0.1, 0.15) is 0 Å². The highest BCUT2D eigenvalue weighted by Crippen LogP contribution is 2.32. The molecule has 23 heavy (non-hydrogen) atoms. The molecule has 1 aliphatic carbocycles. The van der Waals surface area contributed by atoms with Crippen molar-refractivity contribution in [1.82, 2.24) is 15.3 Å². The SMILES string of the molecule is O=C(NCCc1cnc(SC2CCCC2)nc1)C1CCOCC1. The van der Waals surface area contributed by atoms with Crippen LogP contribution in [0, 0.1) is 5.92 Å². The van der Waals surface area contributed by atoms with E-state index in [4.69, 9.17) is 4.74 Å². The lowest BCUT2D eigenvalue weighted by atomic mass is 9.99. The molecule has 5 nitrogen and oxygen atoms in total. The molecule has 2 fully saturated rings. The van der Waals surface area contributed by atoms with Gasteiger partial charge < -0.3 is 10.1 Å². The summed E-state index contributed by atoms with van der Waals surface area (Å²) < 4.78 is 5.28. The number of carbonyl (C=O) groups is 1. The summed E-state index contributed by atoms with van der Waals surface area (Å²) in [5.74, 6) is 0.271. The lowest BCUT2D eigenvalue weighted by molar-refractivity contribution is -0.127. The van der Waals surface area contributed by atoms with Gasteiger partial charge in [-0.15, -0.1) is 0 Å². The number of rotatable bonds is 6. The standard InChI is InChI=1S/C17H25N3O2S/c21-16(14-6-9-22-10-7-14)18-8-5-13-11-19-17(20-12-13)23-15-3-1-2-4-15/h11-12,14-15H,1-10H2,(H,18,21). The highest BCUT2D eigenvalue weighted by Gasteiger charge is 2.21. The smallest absolute Gasteiger partial charge is 0.223 e. The summed E-state index contributed by atoms with van der Waals surface area (Å²) in [4.78, 5) is 20.9. The summed E-state index contributed by atoms with van der Waals surface area (Å²) in [5.41, 5.74) is 1.08. The second kappa shape index (κ2) is 8.64. The maximum atomic E-state index is 12.0. The number of carbonyl (C=O) groups excluding carboxylic acids is 1. The summed E-state index contributed by atoms with van der Waals surface area (Å²) in [6, 6.07) is 0. The number of aromatic nitrogens is 2. The topological polar surface area (TPSA) is 64.1 Å². The first-order chi connectivity index (χ1) is 11.3. The largest absolute Gasteiger partial charge is 0.381 e. The molecule has 0 spiro atoms. The normalized spacial score (nSPS) is 19.8. The van der Waals surface area contributed by atoms with E-state index in [-0.39, 0.29) is 11.8 Å². The van der Waals surface area contributed by atoms with Crippen molar-refractivity contribution in [3.8, 4) is 0 Å². The summed E-state index contributed by atoms with van der Waals surface area (Å²) in [6.45, 7) is 2.05. The third-order valence-corrected chi connectivity index (χ3v) is 5.79. The Kier molecular flexibility index (Phi) is 6.28. The molecule has 1 N–H and O–H groups in total. The molecule has 1 saturated heterocycles. The van der Waals surface area contributed by atoms with E-state index >= 15 is 0 Å². The number of amides is 1. The Hall–Kier alpha value is -1.14. The van der Waals surface area contributed by atoms with Crippen molar-refractivity contribution in [2.45, 2.75) is 55.4 Å². The molecule has 1 aliphatic heterocycles. The maximum Gasteiger partial charge on any atom is 0.223 e. The highest BCUT2D eigenvalue weighted by molar-refractivity contribution is 7.99. The minimum absolute atomic E-state index is 0.116. The van der Waals surface area contributed by atoms with Crippen molar-refractivity contribution in [2.75, 3.05) is 19.8 Å². The molecule has 1 saturated carbocycles. The van der Waals surface area contributed by atoms with Crippen LogP contribution in [0.25, 0.3) is 0 Å². The molecule has 2 heterocycles. The van der Waals surface area contributed by atoms with Crippen molar-refractivity contribution < 1.29 is 9.53 Å². The average Bonchev–Trinajstić information content (AvgIpc) is 3.10. The van der Waals surface area contributed by atoms with E-state index in [1.165, 1.54) is 25.7 Å². The zero-order chi connectivity index (χ0) is 15.9. The first-order valence-electron chi connectivity index (χ1n) is 8.64. The molecular formula is C17H25N3O2S. The van der Waals surface area contributed by atoms with Crippen molar-refractivity contribution >= 4 is 17.7 Å². The molecule has 6 heteroatoms. The molecule has 0 radical (unpaired) electrons. The molecular weight excluding hydrogens is 310 g/mol. The molecule has 3 rings (SSSR count). The summed E-state index contributed by atoms with van der Waals surface area (Å²) >= 11 is 1.80. The Morgan fingerprint density at radius 2 is 1.87 bits per heavy atom. The second-order valence-corrected chi connectivity index (χ2v) is 7.59. The predicted molar refractivity (Wildman–Crippen MR) is 90.4 cm³/mol. The van der Waals surface area contributed by atoms with E-state index in [0.717, 1.165) is 30.0 Å². The van der Waals surface area contributed by atoms with Crippen molar-refractivity contribution in [3.63, 3.8) is 0 Å². The molecule has 0 aromatic carbocycles.